The second kappa shape index (κ2) is 7.03. The van der Waals surface area contributed by atoms with Gasteiger partial charge in [-0.3, -0.25) is 0 Å². The Bertz CT molecular complexity index is 439. The van der Waals surface area contributed by atoms with E-state index in [0.29, 0.717) is 13.1 Å². The molecule has 0 atom stereocenters. The normalized spacial score (nSPS) is 10.8. The summed E-state index contributed by atoms with van der Waals surface area (Å²) in [5.41, 5.74) is 1.70. The number of anilines is 2. The number of carbonyl (C=O) groups excluding carboxylic acids is 1. The maximum absolute atomic E-state index is 11.5. The highest BCUT2D eigenvalue weighted by atomic mass is 16.6. The van der Waals surface area contributed by atoms with Gasteiger partial charge in [-0.2, -0.15) is 0 Å². The lowest BCUT2D eigenvalue weighted by molar-refractivity contribution is 0.0530. The minimum absolute atomic E-state index is 0.389. The van der Waals surface area contributed by atoms with Crippen LogP contribution in [-0.2, 0) is 4.74 Å². The van der Waals surface area contributed by atoms with Gasteiger partial charge in [-0.1, -0.05) is 12.1 Å². The predicted molar refractivity (Wildman–Crippen MR) is 83.5 cm³/mol. The summed E-state index contributed by atoms with van der Waals surface area (Å²) < 4.78 is 5.17. The van der Waals surface area contributed by atoms with Crippen molar-refractivity contribution in [3.63, 3.8) is 0 Å². The number of nitrogens with zero attached hydrogens (tertiary/aromatic N) is 1. The van der Waals surface area contributed by atoms with Crippen LogP contribution in [0.5, 0.6) is 0 Å². The van der Waals surface area contributed by atoms with Gasteiger partial charge in [0.15, 0.2) is 0 Å². The van der Waals surface area contributed by atoms with E-state index >= 15 is 0 Å². The molecule has 0 spiro atoms. The van der Waals surface area contributed by atoms with E-state index in [9.17, 15) is 4.79 Å². The maximum atomic E-state index is 11.5. The van der Waals surface area contributed by atoms with Gasteiger partial charge in [-0.25, -0.2) is 4.79 Å². The SMILES string of the molecule is CN(C)c1ccccc1NCCNC(=O)OC(C)(C)C. The number of alkyl carbamates (subject to hydrolysis) is 1. The van der Waals surface area contributed by atoms with E-state index < -0.39 is 5.60 Å². The summed E-state index contributed by atoms with van der Waals surface area (Å²) in [5.74, 6) is 0. The summed E-state index contributed by atoms with van der Waals surface area (Å²) in [6.45, 7) is 6.69. The van der Waals surface area contributed by atoms with Gasteiger partial charge in [0, 0.05) is 27.2 Å². The number of amides is 1. The topological polar surface area (TPSA) is 53.6 Å². The third-order valence-corrected chi connectivity index (χ3v) is 2.49. The van der Waals surface area contributed by atoms with Crippen LogP contribution in [0, 0.1) is 0 Å². The van der Waals surface area contributed by atoms with E-state index in [2.05, 4.69) is 10.6 Å². The van der Waals surface area contributed by atoms with Gasteiger partial charge in [0.05, 0.1) is 11.4 Å². The molecule has 0 aliphatic carbocycles. The smallest absolute Gasteiger partial charge is 0.407 e. The molecular weight excluding hydrogens is 254 g/mol. The lowest BCUT2D eigenvalue weighted by atomic mass is 10.2. The van der Waals surface area contributed by atoms with Gasteiger partial charge < -0.3 is 20.3 Å². The van der Waals surface area contributed by atoms with Crippen LogP contribution in [0.1, 0.15) is 20.8 Å². The summed E-state index contributed by atoms with van der Waals surface area (Å²) in [7, 11) is 4.00. The molecule has 0 unspecified atom stereocenters. The lowest BCUT2D eigenvalue weighted by Gasteiger charge is -2.20. The van der Waals surface area contributed by atoms with Crippen molar-refractivity contribution in [2.45, 2.75) is 26.4 Å². The Hall–Kier alpha value is -1.91. The summed E-state index contributed by atoms with van der Waals surface area (Å²) in [4.78, 5) is 13.5. The number of hydrogen-bond acceptors (Lipinski definition) is 4. The molecule has 1 aromatic carbocycles. The van der Waals surface area contributed by atoms with Crippen LogP contribution in [0.4, 0.5) is 16.2 Å². The monoisotopic (exact) mass is 279 g/mol. The number of benzene rings is 1. The van der Waals surface area contributed by atoms with E-state index in [1.807, 2.05) is 64.0 Å². The molecule has 0 saturated heterocycles. The highest BCUT2D eigenvalue weighted by Gasteiger charge is 2.15. The van der Waals surface area contributed by atoms with Crippen LogP contribution < -0.4 is 15.5 Å². The highest BCUT2D eigenvalue weighted by molar-refractivity contribution is 5.70. The first-order valence-corrected chi connectivity index (χ1v) is 6.76. The fraction of sp³-hybridized carbons (Fsp3) is 0.533. The van der Waals surface area contributed by atoms with Crippen molar-refractivity contribution in [1.82, 2.24) is 5.32 Å². The van der Waals surface area contributed by atoms with Gasteiger partial charge in [-0.05, 0) is 32.9 Å². The molecule has 0 radical (unpaired) electrons. The van der Waals surface area contributed by atoms with Crippen molar-refractivity contribution in [2.24, 2.45) is 0 Å². The average molecular weight is 279 g/mol. The Balaban J connectivity index is 2.37. The standard InChI is InChI=1S/C15H25N3O2/c1-15(2,3)20-14(19)17-11-10-16-12-8-6-7-9-13(12)18(4)5/h6-9,16H,10-11H2,1-5H3,(H,17,19). The molecule has 0 fully saturated rings. The Labute approximate surface area is 121 Å². The number of para-hydroxylation sites is 2. The van der Waals surface area contributed by atoms with Gasteiger partial charge in [0.25, 0.3) is 0 Å². The molecule has 112 valence electrons. The van der Waals surface area contributed by atoms with E-state index in [4.69, 9.17) is 4.74 Å². The fourth-order valence-corrected chi connectivity index (χ4v) is 1.69. The lowest BCUT2D eigenvalue weighted by Crippen LogP contribution is -2.35. The Kier molecular flexibility index (Phi) is 5.67. The molecule has 0 aliphatic rings. The van der Waals surface area contributed by atoms with Crippen molar-refractivity contribution in [3.05, 3.63) is 24.3 Å². The zero-order valence-electron chi connectivity index (χ0n) is 13.0. The number of rotatable bonds is 5. The van der Waals surface area contributed by atoms with Gasteiger partial charge >= 0.3 is 6.09 Å². The van der Waals surface area contributed by atoms with E-state index in [-0.39, 0.29) is 6.09 Å². The predicted octanol–water partition coefficient (Wildman–Crippen LogP) is 2.69. The fourth-order valence-electron chi connectivity index (χ4n) is 1.69. The minimum atomic E-state index is -0.463. The second-order valence-electron chi connectivity index (χ2n) is 5.77. The molecule has 1 rings (SSSR count). The molecule has 5 nitrogen and oxygen atoms in total. The van der Waals surface area contributed by atoms with Crippen molar-refractivity contribution >= 4 is 17.5 Å². The first-order valence-electron chi connectivity index (χ1n) is 6.76. The molecule has 0 bridgehead atoms. The summed E-state index contributed by atoms with van der Waals surface area (Å²) in [6.07, 6.45) is -0.389. The molecule has 1 amide bonds. The molecule has 0 heterocycles. The second-order valence-corrected chi connectivity index (χ2v) is 5.77. The van der Waals surface area contributed by atoms with Crippen molar-refractivity contribution in [2.75, 3.05) is 37.4 Å². The zero-order chi connectivity index (χ0) is 15.2. The first-order chi connectivity index (χ1) is 9.29. The Morgan fingerprint density at radius 3 is 2.45 bits per heavy atom. The maximum Gasteiger partial charge on any atom is 0.407 e. The largest absolute Gasteiger partial charge is 0.444 e. The molecule has 1 aromatic rings. The molecule has 2 N–H and O–H groups in total. The van der Waals surface area contributed by atoms with E-state index in [0.717, 1.165) is 11.4 Å². The number of hydrogen-bond donors (Lipinski definition) is 2. The van der Waals surface area contributed by atoms with Gasteiger partial charge in [0.2, 0.25) is 0 Å². The first kappa shape index (κ1) is 16.1. The third-order valence-electron chi connectivity index (χ3n) is 2.49. The average Bonchev–Trinajstić information content (AvgIpc) is 2.33. The van der Waals surface area contributed by atoms with Crippen LogP contribution in [-0.4, -0.2) is 38.9 Å². The van der Waals surface area contributed by atoms with Crippen LogP contribution in [0.15, 0.2) is 24.3 Å². The zero-order valence-corrected chi connectivity index (χ0v) is 13.0. The molecule has 0 saturated carbocycles. The van der Waals surface area contributed by atoms with E-state index in [1.165, 1.54) is 0 Å². The quantitative estimate of drug-likeness (QED) is 0.814. The van der Waals surface area contributed by atoms with Crippen LogP contribution in [0.25, 0.3) is 0 Å². The molecular formula is C15H25N3O2. The number of nitrogens with one attached hydrogen (secondary N) is 2. The van der Waals surface area contributed by atoms with Crippen molar-refractivity contribution < 1.29 is 9.53 Å². The molecule has 0 aromatic heterocycles. The minimum Gasteiger partial charge on any atom is -0.444 e. The summed E-state index contributed by atoms with van der Waals surface area (Å²) in [6, 6.07) is 8.04. The molecule has 0 aliphatic heterocycles. The molecule has 5 heteroatoms. The Morgan fingerprint density at radius 2 is 1.85 bits per heavy atom. The molecule has 20 heavy (non-hydrogen) atoms. The van der Waals surface area contributed by atoms with Crippen molar-refractivity contribution in [1.29, 1.82) is 0 Å². The van der Waals surface area contributed by atoms with Crippen LogP contribution >= 0.6 is 0 Å². The van der Waals surface area contributed by atoms with Crippen LogP contribution in [0.2, 0.25) is 0 Å². The number of ether oxygens (including phenoxy) is 1. The highest BCUT2D eigenvalue weighted by Crippen LogP contribution is 2.22. The summed E-state index contributed by atoms with van der Waals surface area (Å²) in [5, 5.41) is 6.02. The summed E-state index contributed by atoms with van der Waals surface area (Å²) >= 11 is 0. The van der Waals surface area contributed by atoms with Gasteiger partial charge in [-0.15, -0.1) is 0 Å². The van der Waals surface area contributed by atoms with Crippen LogP contribution in [0.3, 0.4) is 0 Å². The number of carbonyl (C=O) groups is 1. The van der Waals surface area contributed by atoms with E-state index in [1.54, 1.807) is 0 Å². The van der Waals surface area contributed by atoms with Crippen molar-refractivity contribution in [3.8, 4) is 0 Å². The Morgan fingerprint density at radius 1 is 1.20 bits per heavy atom. The van der Waals surface area contributed by atoms with Gasteiger partial charge in [0.1, 0.15) is 5.60 Å². The third kappa shape index (κ3) is 5.82.